The van der Waals surface area contributed by atoms with E-state index in [2.05, 4.69) is 11.6 Å². The Morgan fingerprint density at radius 1 is 1.14 bits per heavy atom. The fourth-order valence-electron chi connectivity index (χ4n) is 2.00. The fraction of sp³-hybridized carbons (Fsp3) is 0.130. The molecule has 0 heterocycles. The molecule has 0 aliphatic rings. The minimum absolute atomic E-state index is 0.356. The summed E-state index contributed by atoms with van der Waals surface area (Å²) in [4.78, 5) is 15.6. The van der Waals surface area contributed by atoms with Gasteiger partial charge >= 0.3 is 0 Å². The topological polar surface area (TPSA) is 90.7 Å². The number of nitrogen functional groups attached to an aromatic ring is 1. The molecule has 1 rings (SSSR count). The number of rotatable bonds is 9. The maximum Gasteiger partial charge on any atom is 0.248 e. The average Bonchev–Trinajstić information content (AvgIpc) is 2.68. The van der Waals surface area contributed by atoms with Crippen molar-refractivity contribution in [1.29, 1.82) is 0 Å². The number of allylic oxidation sites excluding steroid dienone is 9. The third-order valence-corrected chi connectivity index (χ3v) is 3.45. The van der Waals surface area contributed by atoms with E-state index in [9.17, 15) is 4.79 Å². The Kier molecular flexibility index (Phi) is 9.54. The lowest BCUT2D eigenvalue weighted by Crippen LogP contribution is -2.10. The molecule has 0 spiro atoms. The molecule has 1 aromatic carbocycles. The van der Waals surface area contributed by atoms with Crippen molar-refractivity contribution >= 4 is 23.5 Å². The van der Waals surface area contributed by atoms with E-state index in [1.54, 1.807) is 36.6 Å². The number of primary amides is 1. The van der Waals surface area contributed by atoms with Gasteiger partial charge in [0.2, 0.25) is 5.91 Å². The summed E-state index contributed by atoms with van der Waals surface area (Å²) in [5.74, 6) is 0.765. The Balaban J connectivity index is 2.99. The van der Waals surface area contributed by atoms with Crippen LogP contribution in [0.25, 0.3) is 0 Å². The van der Waals surface area contributed by atoms with Gasteiger partial charge in [-0.3, -0.25) is 9.79 Å². The number of aliphatic imine (C=N–C) groups is 1. The van der Waals surface area contributed by atoms with Crippen LogP contribution in [-0.4, -0.2) is 12.1 Å². The maximum atomic E-state index is 11.3. The molecular weight excluding hydrogens is 350 g/mol. The molecule has 0 atom stereocenters. The SMILES string of the molecule is C=C/C(=C\C=C(/C)C=Nc1cc(C(N)=O)ccc1N)OC(/C=C\C)=C/C=C/C. The molecule has 146 valence electrons. The first kappa shape index (κ1) is 22.4. The summed E-state index contributed by atoms with van der Waals surface area (Å²) in [7, 11) is 0. The van der Waals surface area contributed by atoms with Gasteiger partial charge in [0.15, 0.2) is 0 Å². The van der Waals surface area contributed by atoms with Gasteiger partial charge < -0.3 is 16.2 Å². The van der Waals surface area contributed by atoms with Crippen LogP contribution in [-0.2, 0) is 4.74 Å². The van der Waals surface area contributed by atoms with Crippen LogP contribution in [0.15, 0.2) is 95.5 Å². The smallest absolute Gasteiger partial charge is 0.248 e. The van der Waals surface area contributed by atoms with Crippen LogP contribution in [0.2, 0.25) is 0 Å². The van der Waals surface area contributed by atoms with Crippen LogP contribution in [0, 0.1) is 0 Å². The van der Waals surface area contributed by atoms with E-state index in [4.69, 9.17) is 16.2 Å². The van der Waals surface area contributed by atoms with Gasteiger partial charge in [-0.15, -0.1) is 0 Å². The minimum Gasteiger partial charge on any atom is -0.457 e. The van der Waals surface area contributed by atoms with Crippen LogP contribution in [0.3, 0.4) is 0 Å². The highest BCUT2D eigenvalue weighted by molar-refractivity contribution is 5.95. The monoisotopic (exact) mass is 377 g/mol. The minimum atomic E-state index is -0.526. The number of carbonyl (C=O) groups is 1. The summed E-state index contributed by atoms with van der Waals surface area (Å²) in [6.45, 7) is 9.52. The van der Waals surface area contributed by atoms with Gasteiger partial charge in [-0.1, -0.05) is 30.9 Å². The van der Waals surface area contributed by atoms with Crippen LogP contribution in [0.5, 0.6) is 0 Å². The zero-order chi connectivity index (χ0) is 20.9. The first-order valence-corrected chi connectivity index (χ1v) is 8.79. The number of nitrogens with two attached hydrogens (primary N) is 2. The maximum absolute atomic E-state index is 11.3. The average molecular weight is 377 g/mol. The Hall–Kier alpha value is -3.60. The second-order valence-electron chi connectivity index (χ2n) is 5.78. The molecule has 0 radical (unpaired) electrons. The Morgan fingerprint density at radius 2 is 1.89 bits per heavy atom. The Bertz CT molecular complexity index is 885. The number of nitrogens with zero attached hydrogens (tertiary/aromatic N) is 1. The number of benzene rings is 1. The lowest BCUT2D eigenvalue weighted by Gasteiger charge is -2.06. The molecule has 0 fully saturated rings. The standard InChI is InChI=1S/C23H27N3O2/c1-5-8-10-20(9-6-2)28-19(7-3)13-11-17(4)16-26-22-15-18(23(25)27)12-14-21(22)24/h5-16H,3,24H2,1-2,4H3,(H2,25,27)/b8-5+,9-6-,17-11+,19-13+,20-10+,26-16?. The second-order valence-corrected chi connectivity index (χ2v) is 5.78. The Morgan fingerprint density at radius 3 is 2.50 bits per heavy atom. The highest BCUT2D eigenvalue weighted by Gasteiger charge is 2.03. The number of carbonyl (C=O) groups excluding carboxylic acids is 1. The normalized spacial score (nSPS) is 13.6. The molecule has 0 saturated carbocycles. The number of ether oxygens (including phenoxy) is 1. The highest BCUT2D eigenvalue weighted by Crippen LogP contribution is 2.23. The van der Waals surface area contributed by atoms with E-state index in [1.165, 1.54) is 0 Å². The number of hydrogen-bond acceptors (Lipinski definition) is 4. The third kappa shape index (κ3) is 7.74. The van der Waals surface area contributed by atoms with Gasteiger partial charge in [0.1, 0.15) is 11.5 Å². The van der Waals surface area contributed by atoms with E-state index in [0.29, 0.717) is 28.5 Å². The second kappa shape index (κ2) is 11.9. The van der Waals surface area contributed by atoms with Crippen LogP contribution >= 0.6 is 0 Å². The summed E-state index contributed by atoms with van der Waals surface area (Å²) < 4.78 is 5.82. The predicted molar refractivity (Wildman–Crippen MR) is 118 cm³/mol. The van der Waals surface area contributed by atoms with Crippen LogP contribution in [0.1, 0.15) is 31.1 Å². The molecule has 0 aromatic heterocycles. The first-order chi connectivity index (χ1) is 13.4. The van der Waals surface area contributed by atoms with Crippen molar-refractivity contribution in [3.8, 4) is 0 Å². The van der Waals surface area contributed by atoms with Crippen molar-refractivity contribution in [3.63, 3.8) is 0 Å². The van der Waals surface area contributed by atoms with Crippen molar-refractivity contribution in [2.45, 2.75) is 20.8 Å². The lowest BCUT2D eigenvalue weighted by molar-refractivity contribution is 0.100. The van der Waals surface area contributed by atoms with Crippen LogP contribution in [0.4, 0.5) is 11.4 Å². The third-order valence-electron chi connectivity index (χ3n) is 3.45. The fourth-order valence-corrected chi connectivity index (χ4v) is 2.00. The molecule has 0 bridgehead atoms. The highest BCUT2D eigenvalue weighted by atomic mass is 16.5. The van der Waals surface area contributed by atoms with Gasteiger partial charge in [0.05, 0.1) is 11.4 Å². The van der Waals surface area contributed by atoms with Gasteiger partial charge in [-0.2, -0.15) is 0 Å². The Labute approximate surface area is 166 Å². The molecule has 1 amide bonds. The van der Waals surface area contributed by atoms with E-state index < -0.39 is 5.91 Å². The summed E-state index contributed by atoms with van der Waals surface area (Å²) in [6, 6.07) is 4.74. The molecule has 28 heavy (non-hydrogen) atoms. The summed E-state index contributed by atoms with van der Waals surface area (Å²) in [5, 5.41) is 0. The molecule has 5 heteroatoms. The van der Waals surface area contributed by atoms with E-state index >= 15 is 0 Å². The molecule has 0 aliphatic carbocycles. The number of anilines is 1. The van der Waals surface area contributed by atoms with Gasteiger partial charge in [0, 0.05) is 11.8 Å². The quantitative estimate of drug-likeness (QED) is 0.270. The first-order valence-electron chi connectivity index (χ1n) is 8.79. The van der Waals surface area contributed by atoms with Crippen molar-refractivity contribution in [2.24, 2.45) is 10.7 Å². The summed E-state index contributed by atoms with van der Waals surface area (Å²) in [6.07, 6.45) is 16.4. The lowest BCUT2D eigenvalue weighted by atomic mass is 10.1. The van der Waals surface area contributed by atoms with Crippen molar-refractivity contribution in [2.75, 3.05) is 5.73 Å². The zero-order valence-corrected chi connectivity index (χ0v) is 16.6. The molecule has 1 aromatic rings. The van der Waals surface area contributed by atoms with Crippen molar-refractivity contribution in [1.82, 2.24) is 0 Å². The molecule has 0 aliphatic heterocycles. The van der Waals surface area contributed by atoms with E-state index in [1.807, 2.05) is 57.2 Å². The molecule has 0 unspecified atom stereocenters. The number of hydrogen-bond donors (Lipinski definition) is 2. The van der Waals surface area contributed by atoms with Gasteiger partial charge in [-0.25, -0.2) is 0 Å². The predicted octanol–water partition coefficient (Wildman–Crippen LogP) is 5.14. The zero-order valence-electron chi connectivity index (χ0n) is 16.6. The summed E-state index contributed by atoms with van der Waals surface area (Å²) >= 11 is 0. The molecule has 0 saturated heterocycles. The molecule has 4 N–H and O–H groups in total. The van der Waals surface area contributed by atoms with Gasteiger partial charge in [-0.05, 0) is 68.8 Å². The van der Waals surface area contributed by atoms with Gasteiger partial charge in [0.25, 0.3) is 0 Å². The van der Waals surface area contributed by atoms with Crippen molar-refractivity contribution < 1.29 is 9.53 Å². The van der Waals surface area contributed by atoms with E-state index in [0.717, 1.165) is 5.57 Å². The largest absolute Gasteiger partial charge is 0.457 e. The molecular formula is C23H27N3O2. The number of amides is 1. The summed E-state index contributed by atoms with van der Waals surface area (Å²) in [5.41, 5.74) is 13.3. The van der Waals surface area contributed by atoms with Crippen molar-refractivity contribution in [3.05, 3.63) is 96.0 Å². The van der Waals surface area contributed by atoms with Crippen LogP contribution < -0.4 is 11.5 Å². The molecule has 5 nitrogen and oxygen atoms in total. The van der Waals surface area contributed by atoms with E-state index in [-0.39, 0.29) is 0 Å².